The lowest BCUT2D eigenvalue weighted by Crippen LogP contribution is -2.09. The van der Waals surface area contributed by atoms with Crippen molar-refractivity contribution in [3.05, 3.63) is 407 Å². The lowest BCUT2D eigenvalue weighted by Gasteiger charge is -2.16. The number of benzene rings is 7. The van der Waals surface area contributed by atoms with Crippen LogP contribution in [-0.2, 0) is 44.9 Å². The van der Waals surface area contributed by atoms with Crippen molar-refractivity contribution in [3.63, 3.8) is 0 Å². The lowest BCUT2D eigenvalue weighted by atomic mass is 9.92. The third-order valence-corrected chi connectivity index (χ3v) is 28.4. The predicted molar refractivity (Wildman–Crippen MR) is 603 cm³/mol. The van der Waals surface area contributed by atoms with Gasteiger partial charge in [0.25, 0.3) is 0 Å². The van der Waals surface area contributed by atoms with Crippen molar-refractivity contribution in [2.45, 2.75) is 391 Å². The summed E-state index contributed by atoms with van der Waals surface area (Å²) in [6.45, 7) is 81.9. The molecule has 0 saturated heterocycles. The van der Waals surface area contributed by atoms with Gasteiger partial charge >= 0.3 is 0 Å². The molecule has 0 N–H and O–H groups in total. The Bertz CT molecular complexity index is 5810. The molecule has 0 unspecified atom stereocenters. The maximum atomic E-state index is 13.5. The molecule has 14 rings (SSSR count). The van der Waals surface area contributed by atoms with Crippen LogP contribution in [0.5, 0.6) is 0 Å². The van der Waals surface area contributed by atoms with Crippen molar-refractivity contribution in [3.8, 4) is 0 Å². The highest BCUT2D eigenvalue weighted by atomic mass is 19.1. The molecule has 0 aliphatic heterocycles. The zero-order valence-corrected chi connectivity index (χ0v) is 95.1. The fourth-order valence-electron chi connectivity index (χ4n) is 17.6. The van der Waals surface area contributed by atoms with Crippen LogP contribution in [0.25, 0.3) is 0 Å². The van der Waals surface area contributed by atoms with E-state index in [1.165, 1.54) is 117 Å². The monoisotopic (exact) mass is 1940 g/mol. The van der Waals surface area contributed by atoms with Gasteiger partial charge in [-0.3, -0.25) is 0 Å². The Kier molecular flexibility index (Phi) is 45.5. The smallest absolute Gasteiger partial charge is 0.123 e. The molecule has 0 aliphatic carbocycles. The van der Waals surface area contributed by atoms with Gasteiger partial charge < -0.3 is 0 Å². The van der Waals surface area contributed by atoms with Crippen molar-refractivity contribution in [2.24, 2.45) is 0 Å². The number of nitrogens with zero attached hydrogens (tertiary/aromatic N) is 14. The first-order valence-corrected chi connectivity index (χ1v) is 52.9. The Hall–Kier alpha value is -12.0. The Morgan fingerprint density at radius 1 is 0.167 bits per heavy atom. The molecule has 0 aliphatic rings. The van der Waals surface area contributed by atoms with Crippen molar-refractivity contribution in [1.82, 2.24) is 71.4 Å². The summed E-state index contributed by atoms with van der Waals surface area (Å²) in [4.78, 5) is 0. The van der Waals surface area contributed by atoms with E-state index in [4.69, 9.17) is 0 Å². The van der Waals surface area contributed by atoms with Gasteiger partial charge in [-0.15, -0.1) is 0 Å². The molecule has 0 bridgehead atoms. The van der Waals surface area contributed by atoms with E-state index >= 15 is 0 Å². The van der Waals surface area contributed by atoms with Gasteiger partial charge in [0.1, 0.15) is 5.82 Å². The average Bonchev–Trinajstić information content (AvgIpc) is 0.821. The second-order valence-corrected chi connectivity index (χ2v) is 43.8. The van der Waals surface area contributed by atoms with Gasteiger partial charge in [-0.2, -0.15) is 71.4 Å². The van der Waals surface area contributed by atoms with Crippen molar-refractivity contribution in [1.29, 1.82) is 0 Å². The molecule has 14 nitrogen and oxygen atoms in total. The third kappa shape index (κ3) is 35.5. The highest BCUT2D eigenvalue weighted by Crippen LogP contribution is 2.34. The first-order valence-electron chi connectivity index (χ1n) is 52.9. The predicted octanol–water partition coefficient (Wildman–Crippen LogP) is 33.0. The number of halogens is 1. The van der Waals surface area contributed by atoms with Gasteiger partial charge in [-0.1, -0.05) is 330 Å². The van der Waals surface area contributed by atoms with Crippen molar-refractivity contribution in [2.75, 3.05) is 0 Å². The van der Waals surface area contributed by atoms with E-state index in [2.05, 4.69) is 497 Å². The maximum absolute atomic E-state index is 13.5. The molecule has 15 heteroatoms. The summed E-state index contributed by atoms with van der Waals surface area (Å²) < 4.78 is 13.5. The minimum atomic E-state index is -0.171. The molecule has 766 valence electrons. The zero-order valence-electron chi connectivity index (χ0n) is 95.1. The number of rotatable bonds is 28. The van der Waals surface area contributed by atoms with Crippen LogP contribution in [0.2, 0.25) is 0 Å². The fourth-order valence-corrected chi connectivity index (χ4v) is 17.6. The first kappa shape index (κ1) is 117. The Labute approximate surface area is 868 Å². The topological polar surface area (TPSA) is 180 Å². The summed E-state index contributed by atoms with van der Waals surface area (Å²) in [6, 6.07) is 66.6. The van der Waals surface area contributed by atoms with E-state index in [0.717, 1.165) is 141 Å². The second kappa shape index (κ2) is 55.9. The minimum Gasteiger partial charge on any atom is -0.207 e. The van der Waals surface area contributed by atoms with Crippen LogP contribution in [0, 0.1) is 124 Å². The highest BCUT2D eigenvalue weighted by molar-refractivity contribution is 5.40. The molecule has 0 spiro atoms. The lowest BCUT2D eigenvalue weighted by molar-refractivity contribution is 0.617. The van der Waals surface area contributed by atoms with E-state index in [1.807, 2.05) is 13.0 Å². The van der Waals surface area contributed by atoms with Crippen LogP contribution in [-0.4, -0.2) is 71.4 Å². The maximum Gasteiger partial charge on any atom is 0.123 e. The van der Waals surface area contributed by atoms with E-state index < -0.39 is 0 Å². The van der Waals surface area contributed by atoms with E-state index in [0.29, 0.717) is 76.9 Å². The van der Waals surface area contributed by atoms with Crippen LogP contribution >= 0.6 is 0 Å². The zero-order chi connectivity index (χ0) is 106. The Balaban J connectivity index is 0.000000205. The van der Waals surface area contributed by atoms with Gasteiger partial charge in [-0.25, -0.2) is 4.39 Å². The first-order chi connectivity index (χ1) is 68.0. The molecular formula is C129H173FN14. The molecular weight excluding hydrogens is 1760 g/mol. The molecule has 7 aromatic heterocycles. The number of aromatic nitrogens is 14. The molecule has 7 atom stereocenters. The van der Waals surface area contributed by atoms with Gasteiger partial charge in [0.2, 0.25) is 0 Å². The van der Waals surface area contributed by atoms with Crippen LogP contribution in [0.3, 0.4) is 0 Å². The number of hydrogen-bond donors (Lipinski definition) is 0. The normalized spacial score (nSPS) is 12.7. The Morgan fingerprint density at radius 3 is 0.507 bits per heavy atom. The molecule has 7 aromatic carbocycles. The standard InChI is InChI=1S/3C19H26N2.C18H23FN2.3C18H24N2/c3*1-12(2)19-16(6)15(5)18(20-21-19)11-14(4)17-9-7-13(3)8-10-17;1-11(2)17-9-14(5)18(21-20-17)8-13(4)15-6-12(3)7-16(19)10-15;3*1-12(2)17-11-15(5)18(20-19-17)10-14(4)16-8-6-13(3)7-9-16/h3*7-10,12,14H,11H2,1-6H3;6-7,9-11,13H,8H2,1-5H3;3*6-9,11-12,14H,10H2,1-5H3/t3*14-;13-;3*14-/m1111111/s1. The fraction of sp³-hybridized carbons (Fsp3) is 0.457. The molecule has 0 radical (unpaired) electrons. The highest BCUT2D eigenvalue weighted by Gasteiger charge is 2.23. The molecule has 14 aromatic rings. The summed E-state index contributed by atoms with van der Waals surface area (Å²) in [5.74, 6) is 5.81. The van der Waals surface area contributed by atoms with Gasteiger partial charge in [0.15, 0.2) is 0 Å². The third-order valence-electron chi connectivity index (χ3n) is 28.4. The molecule has 144 heavy (non-hydrogen) atoms. The summed E-state index contributed by atoms with van der Waals surface area (Å²) in [7, 11) is 0. The molecule has 7 heterocycles. The summed E-state index contributed by atoms with van der Waals surface area (Å²) in [5.41, 5.74) is 46.1. The summed E-state index contributed by atoms with van der Waals surface area (Å²) in [5, 5.41) is 61.8. The molecule has 0 fully saturated rings. The molecule has 0 amide bonds. The van der Waals surface area contributed by atoms with E-state index in [1.54, 1.807) is 12.1 Å². The van der Waals surface area contributed by atoms with Crippen LogP contribution < -0.4 is 0 Å². The number of hydrogen-bond acceptors (Lipinski definition) is 14. The van der Waals surface area contributed by atoms with Crippen LogP contribution in [0.15, 0.2) is 188 Å². The van der Waals surface area contributed by atoms with Gasteiger partial charge in [0, 0.05) is 0 Å². The van der Waals surface area contributed by atoms with Crippen LogP contribution in [0.1, 0.15) is 441 Å². The van der Waals surface area contributed by atoms with Gasteiger partial charge in [0.05, 0.1) is 79.7 Å². The second-order valence-electron chi connectivity index (χ2n) is 43.8. The quantitative estimate of drug-likeness (QED) is 0.0452. The summed E-state index contributed by atoms with van der Waals surface area (Å²) in [6.07, 6.45) is 6.45. The van der Waals surface area contributed by atoms with E-state index in [9.17, 15) is 4.39 Å². The number of aryl methyl sites for hydroxylation is 11. The Morgan fingerprint density at radius 2 is 0.340 bits per heavy atom. The minimum absolute atomic E-state index is 0.171. The molecule has 0 saturated carbocycles. The van der Waals surface area contributed by atoms with Crippen LogP contribution in [0.4, 0.5) is 4.39 Å². The van der Waals surface area contributed by atoms with Gasteiger partial charge in [-0.05, 0) is 382 Å². The SMILES string of the molecule is Cc1cc(F)cc([C@H](C)Cc2nnc(C(C)C)cc2C)c1.Cc1ccc([C@H](C)Cc2nnc(C(C)C)c(C)c2C)cc1.Cc1ccc([C@H](C)Cc2nnc(C(C)C)c(C)c2C)cc1.Cc1ccc([C@H](C)Cc2nnc(C(C)C)c(C)c2C)cc1.Cc1ccc([C@H](C)Cc2nnc(C(C)C)cc2C)cc1.Cc1ccc([C@H](C)Cc2nnc(C(C)C)cc2C)cc1.Cc1ccc([C@H](C)Cc2nnc(C(C)C)cc2C)cc1. The van der Waals surface area contributed by atoms with Crippen molar-refractivity contribution >= 4 is 0 Å². The van der Waals surface area contributed by atoms with Crippen molar-refractivity contribution < 1.29 is 4.39 Å². The summed E-state index contributed by atoms with van der Waals surface area (Å²) >= 11 is 0. The van der Waals surface area contributed by atoms with E-state index in [-0.39, 0.29) is 11.7 Å². The largest absolute Gasteiger partial charge is 0.207 e. The average molecular weight is 1940 g/mol.